The summed E-state index contributed by atoms with van der Waals surface area (Å²) in [7, 11) is 1.61. The van der Waals surface area contributed by atoms with E-state index in [1.54, 1.807) is 17.7 Å². The Kier molecular flexibility index (Phi) is 6.79. The number of methoxy groups -OCH3 is 1. The minimum Gasteiger partial charge on any atom is -0.496 e. The van der Waals surface area contributed by atoms with Crippen LogP contribution in [0.25, 0.3) is 16.6 Å². The molecule has 4 aromatic rings. The summed E-state index contributed by atoms with van der Waals surface area (Å²) >= 11 is 1.26. The maximum atomic E-state index is 13.4. The largest absolute Gasteiger partial charge is 0.496 e. The average molecular weight is 460 g/mol. The Morgan fingerprint density at radius 2 is 1.76 bits per heavy atom. The quantitative estimate of drug-likeness (QED) is 0.325. The molecule has 1 unspecified atom stereocenters. The Morgan fingerprint density at radius 1 is 1.06 bits per heavy atom. The van der Waals surface area contributed by atoms with Gasteiger partial charge in [0.2, 0.25) is 5.91 Å². The number of nitrogens with zero attached hydrogens (tertiary/aromatic N) is 2. The van der Waals surface area contributed by atoms with Gasteiger partial charge in [0.15, 0.2) is 5.16 Å². The molecule has 3 aromatic carbocycles. The maximum absolute atomic E-state index is 13.4. The molecule has 168 valence electrons. The average Bonchev–Trinajstić information content (AvgIpc) is 2.83. The van der Waals surface area contributed by atoms with E-state index in [2.05, 4.69) is 5.32 Å². The van der Waals surface area contributed by atoms with Crippen molar-refractivity contribution in [1.29, 1.82) is 0 Å². The lowest BCUT2D eigenvalue weighted by molar-refractivity contribution is -0.120. The van der Waals surface area contributed by atoms with Crippen LogP contribution in [0.3, 0.4) is 0 Å². The third-order valence-electron chi connectivity index (χ3n) is 5.33. The molecule has 0 aliphatic rings. The SMILES string of the molecule is COc1ccccc1CNC(=O)C(C)Sc1nc2ccccc2c(=O)n1-c1ccc(C)cc1. The van der Waals surface area contributed by atoms with Crippen LogP contribution in [0.15, 0.2) is 82.7 Å². The van der Waals surface area contributed by atoms with Crippen LogP contribution >= 0.6 is 11.8 Å². The van der Waals surface area contributed by atoms with Gasteiger partial charge in [-0.2, -0.15) is 0 Å². The van der Waals surface area contributed by atoms with Gasteiger partial charge in [-0.15, -0.1) is 0 Å². The molecular formula is C26H25N3O3S. The van der Waals surface area contributed by atoms with E-state index in [0.717, 1.165) is 16.9 Å². The van der Waals surface area contributed by atoms with E-state index in [9.17, 15) is 9.59 Å². The smallest absolute Gasteiger partial charge is 0.266 e. The first-order valence-corrected chi connectivity index (χ1v) is 11.5. The van der Waals surface area contributed by atoms with Gasteiger partial charge in [0, 0.05) is 12.1 Å². The second kappa shape index (κ2) is 9.92. The van der Waals surface area contributed by atoms with E-state index < -0.39 is 5.25 Å². The molecule has 0 fully saturated rings. The van der Waals surface area contributed by atoms with Crippen LogP contribution in [0.1, 0.15) is 18.1 Å². The minimum atomic E-state index is -0.468. The summed E-state index contributed by atoms with van der Waals surface area (Å²) in [6, 6.07) is 22.5. The Hall–Kier alpha value is -3.58. The number of rotatable bonds is 7. The Morgan fingerprint density at radius 3 is 2.52 bits per heavy atom. The van der Waals surface area contributed by atoms with Crippen LogP contribution in [0.4, 0.5) is 0 Å². The number of benzene rings is 3. The van der Waals surface area contributed by atoms with Crippen molar-refractivity contribution in [3.8, 4) is 11.4 Å². The molecule has 33 heavy (non-hydrogen) atoms. The fourth-order valence-electron chi connectivity index (χ4n) is 3.50. The van der Waals surface area contributed by atoms with Crippen LogP contribution in [-0.4, -0.2) is 27.8 Å². The molecule has 0 bridgehead atoms. The number of fused-ring (bicyclic) bond motifs is 1. The van der Waals surface area contributed by atoms with E-state index in [1.165, 1.54) is 11.8 Å². The van der Waals surface area contributed by atoms with E-state index in [-0.39, 0.29) is 11.5 Å². The van der Waals surface area contributed by atoms with Gasteiger partial charge in [-0.25, -0.2) is 4.98 Å². The number of carbonyl (C=O) groups is 1. The van der Waals surface area contributed by atoms with Gasteiger partial charge in [0.25, 0.3) is 5.56 Å². The standard InChI is InChI=1S/C26H25N3O3S/c1-17-12-14-20(15-13-17)29-25(31)21-9-5-6-10-22(21)28-26(29)33-18(2)24(30)27-16-19-8-4-7-11-23(19)32-3/h4-15,18H,16H2,1-3H3,(H,27,30). The first-order chi connectivity index (χ1) is 16.0. The van der Waals surface area contributed by atoms with E-state index in [0.29, 0.717) is 28.3 Å². The summed E-state index contributed by atoms with van der Waals surface area (Å²) in [6.45, 7) is 4.15. The Labute approximate surface area is 196 Å². The monoisotopic (exact) mass is 459 g/mol. The summed E-state index contributed by atoms with van der Waals surface area (Å²) in [5.41, 5.74) is 3.15. The second-order valence-electron chi connectivity index (χ2n) is 7.68. The molecule has 1 aromatic heterocycles. The number of carbonyl (C=O) groups excluding carboxylic acids is 1. The molecule has 1 amide bonds. The highest BCUT2D eigenvalue weighted by atomic mass is 32.2. The minimum absolute atomic E-state index is 0.149. The van der Waals surface area contributed by atoms with Crippen LogP contribution in [-0.2, 0) is 11.3 Å². The first-order valence-electron chi connectivity index (χ1n) is 10.6. The van der Waals surface area contributed by atoms with Crippen molar-refractivity contribution in [3.63, 3.8) is 0 Å². The Balaban J connectivity index is 1.63. The number of aryl methyl sites for hydroxylation is 1. The topological polar surface area (TPSA) is 73.2 Å². The van der Waals surface area contributed by atoms with E-state index in [4.69, 9.17) is 9.72 Å². The third-order valence-corrected chi connectivity index (χ3v) is 6.39. The van der Waals surface area contributed by atoms with E-state index >= 15 is 0 Å². The van der Waals surface area contributed by atoms with E-state index in [1.807, 2.05) is 80.6 Å². The first kappa shape index (κ1) is 22.6. The van der Waals surface area contributed by atoms with Crippen molar-refractivity contribution in [2.45, 2.75) is 30.8 Å². The lowest BCUT2D eigenvalue weighted by atomic mass is 10.2. The van der Waals surface area contributed by atoms with Crippen LogP contribution in [0.5, 0.6) is 5.75 Å². The van der Waals surface area contributed by atoms with Gasteiger partial charge in [-0.3, -0.25) is 14.2 Å². The van der Waals surface area contributed by atoms with Crippen molar-refractivity contribution in [3.05, 3.63) is 94.3 Å². The summed E-state index contributed by atoms with van der Waals surface area (Å²) in [5.74, 6) is 0.575. The lowest BCUT2D eigenvalue weighted by Crippen LogP contribution is -2.31. The molecule has 1 heterocycles. The van der Waals surface area contributed by atoms with Gasteiger partial charge >= 0.3 is 0 Å². The fourth-order valence-corrected chi connectivity index (χ4v) is 4.45. The van der Waals surface area contributed by atoms with Crippen LogP contribution in [0.2, 0.25) is 0 Å². The number of thioether (sulfide) groups is 1. The molecule has 0 spiro atoms. The highest BCUT2D eigenvalue weighted by Gasteiger charge is 2.20. The van der Waals surface area contributed by atoms with Crippen molar-refractivity contribution in [2.75, 3.05) is 7.11 Å². The second-order valence-corrected chi connectivity index (χ2v) is 8.99. The molecule has 0 aliphatic carbocycles. The molecule has 1 N–H and O–H groups in total. The van der Waals surface area contributed by atoms with Gasteiger partial charge in [0.1, 0.15) is 5.75 Å². The molecular weight excluding hydrogens is 434 g/mol. The van der Waals surface area contributed by atoms with Crippen LogP contribution < -0.4 is 15.6 Å². The maximum Gasteiger partial charge on any atom is 0.266 e. The molecule has 1 atom stereocenters. The summed E-state index contributed by atoms with van der Waals surface area (Å²) < 4.78 is 6.94. The number of hydrogen-bond donors (Lipinski definition) is 1. The van der Waals surface area contributed by atoms with Crippen molar-refractivity contribution >= 4 is 28.6 Å². The number of nitrogens with one attached hydrogen (secondary N) is 1. The molecule has 0 saturated carbocycles. The molecule has 7 heteroatoms. The van der Waals surface area contributed by atoms with Gasteiger partial charge in [-0.05, 0) is 44.2 Å². The number of amides is 1. The number of para-hydroxylation sites is 2. The summed E-state index contributed by atoms with van der Waals surface area (Å²) in [5, 5.41) is 3.50. The van der Waals surface area contributed by atoms with Crippen molar-refractivity contribution in [2.24, 2.45) is 0 Å². The molecule has 0 aliphatic heterocycles. The summed E-state index contributed by atoms with van der Waals surface area (Å²) in [4.78, 5) is 31.0. The van der Waals surface area contributed by atoms with Crippen LogP contribution in [0, 0.1) is 6.92 Å². The molecule has 0 radical (unpaired) electrons. The zero-order valence-corrected chi connectivity index (χ0v) is 19.6. The van der Waals surface area contributed by atoms with Crippen molar-refractivity contribution in [1.82, 2.24) is 14.9 Å². The third kappa shape index (κ3) is 4.93. The lowest BCUT2D eigenvalue weighted by Gasteiger charge is -2.17. The van der Waals surface area contributed by atoms with Gasteiger partial charge in [0.05, 0.1) is 29.0 Å². The predicted octanol–water partition coefficient (Wildman–Crippen LogP) is 4.50. The normalized spacial score (nSPS) is 11.8. The number of ether oxygens (including phenoxy) is 1. The zero-order chi connectivity index (χ0) is 23.4. The molecule has 6 nitrogen and oxygen atoms in total. The molecule has 0 saturated heterocycles. The van der Waals surface area contributed by atoms with Crippen molar-refractivity contribution < 1.29 is 9.53 Å². The highest BCUT2D eigenvalue weighted by molar-refractivity contribution is 8.00. The molecule has 4 rings (SSSR count). The Bertz CT molecular complexity index is 1350. The summed E-state index contributed by atoms with van der Waals surface area (Å²) in [6.07, 6.45) is 0. The van der Waals surface area contributed by atoms with Gasteiger partial charge in [-0.1, -0.05) is 59.8 Å². The fraction of sp³-hybridized carbons (Fsp3) is 0.192. The highest BCUT2D eigenvalue weighted by Crippen LogP contribution is 2.26. The number of aromatic nitrogens is 2. The van der Waals surface area contributed by atoms with Gasteiger partial charge < -0.3 is 10.1 Å². The number of hydrogen-bond acceptors (Lipinski definition) is 5. The zero-order valence-electron chi connectivity index (χ0n) is 18.7. The predicted molar refractivity (Wildman–Crippen MR) is 132 cm³/mol.